The van der Waals surface area contributed by atoms with Crippen LogP contribution in [-0.2, 0) is 11.3 Å². The molecule has 0 saturated carbocycles. The van der Waals surface area contributed by atoms with E-state index in [0.717, 1.165) is 5.82 Å². The lowest BCUT2D eigenvalue weighted by molar-refractivity contribution is 0.178. The summed E-state index contributed by atoms with van der Waals surface area (Å²) in [5.41, 5.74) is 0. The summed E-state index contributed by atoms with van der Waals surface area (Å²) in [6.07, 6.45) is 3.47. The van der Waals surface area contributed by atoms with Crippen LogP contribution in [0.2, 0.25) is 0 Å². The van der Waals surface area contributed by atoms with Crippen LogP contribution in [0.4, 0.5) is 0 Å². The highest BCUT2D eigenvalue weighted by Gasteiger charge is 1.87. The van der Waals surface area contributed by atoms with Gasteiger partial charge in [0, 0.05) is 19.5 Å². The maximum absolute atomic E-state index is 4.79. The highest BCUT2D eigenvalue weighted by molar-refractivity contribution is 4.83. The van der Waals surface area contributed by atoms with Crippen LogP contribution in [0.3, 0.4) is 0 Å². The average Bonchev–Trinajstić information content (AvgIpc) is 2.46. The number of hydrogen-bond acceptors (Lipinski definition) is 2. The second kappa shape index (κ2) is 6.29. The van der Waals surface area contributed by atoms with Gasteiger partial charge >= 0.3 is 0 Å². The van der Waals surface area contributed by atoms with E-state index in [0.29, 0.717) is 6.61 Å². The molecule has 1 rings (SSSR count). The molecule has 0 spiro atoms. The molecule has 0 radical (unpaired) electrons. The van der Waals surface area contributed by atoms with Gasteiger partial charge in [-0.3, -0.25) is 0 Å². The lowest BCUT2D eigenvalue weighted by Crippen LogP contribution is -1.88. The molecule has 0 saturated heterocycles. The summed E-state index contributed by atoms with van der Waals surface area (Å²) in [6.45, 7) is 4.56. The average molecular weight is 142 g/mol. The van der Waals surface area contributed by atoms with Crippen molar-refractivity contribution in [3.63, 3.8) is 0 Å². The number of imidazole rings is 1. The van der Waals surface area contributed by atoms with Gasteiger partial charge in [0.25, 0.3) is 0 Å². The fraction of sp³-hybridized carbons (Fsp3) is 0.571. The van der Waals surface area contributed by atoms with E-state index in [1.165, 1.54) is 0 Å². The van der Waals surface area contributed by atoms with E-state index in [1.807, 2.05) is 13.8 Å². The molecule has 0 unspecified atom stereocenters. The summed E-state index contributed by atoms with van der Waals surface area (Å²) in [7, 11) is 1.64. The van der Waals surface area contributed by atoms with E-state index < -0.39 is 0 Å². The minimum absolute atomic E-state index is 0.562. The molecule has 58 valence electrons. The zero-order valence-electron chi connectivity index (χ0n) is 6.72. The summed E-state index contributed by atoms with van der Waals surface area (Å²) >= 11 is 0. The van der Waals surface area contributed by atoms with E-state index in [9.17, 15) is 0 Å². The molecule has 0 aliphatic heterocycles. The number of methoxy groups -OCH3 is 1. The summed E-state index contributed by atoms with van der Waals surface area (Å²) in [5, 5.41) is 0. The summed E-state index contributed by atoms with van der Waals surface area (Å²) in [5.74, 6) is 0.868. The molecule has 10 heavy (non-hydrogen) atoms. The number of aromatic amines is 1. The van der Waals surface area contributed by atoms with Gasteiger partial charge in [0.1, 0.15) is 12.4 Å². The fourth-order valence-corrected chi connectivity index (χ4v) is 0.514. The third-order valence-electron chi connectivity index (χ3n) is 0.836. The van der Waals surface area contributed by atoms with Gasteiger partial charge in [0.2, 0.25) is 0 Å². The number of nitrogens with one attached hydrogen (secondary N) is 1. The quantitative estimate of drug-likeness (QED) is 0.680. The lowest BCUT2D eigenvalue weighted by atomic mass is 10.7. The molecular formula is C7H14N2O. The summed E-state index contributed by atoms with van der Waals surface area (Å²) in [6, 6.07) is 0. The molecule has 0 amide bonds. The minimum atomic E-state index is 0.562. The number of rotatable bonds is 2. The van der Waals surface area contributed by atoms with Crippen molar-refractivity contribution in [1.82, 2.24) is 9.97 Å². The van der Waals surface area contributed by atoms with E-state index in [2.05, 4.69) is 9.97 Å². The lowest BCUT2D eigenvalue weighted by Gasteiger charge is -1.88. The molecule has 1 N–H and O–H groups in total. The third-order valence-corrected chi connectivity index (χ3v) is 0.836. The van der Waals surface area contributed by atoms with Crippen molar-refractivity contribution in [2.75, 3.05) is 7.11 Å². The Morgan fingerprint density at radius 2 is 2.30 bits per heavy atom. The van der Waals surface area contributed by atoms with Crippen molar-refractivity contribution in [1.29, 1.82) is 0 Å². The number of aromatic nitrogens is 2. The molecule has 3 heteroatoms. The van der Waals surface area contributed by atoms with Crippen molar-refractivity contribution in [3.05, 3.63) is 18.2 Å². The Kier molecular flexibility index (Phi) is 5.77. The largest absolute Gasteiger partial charge is 0.377 e. The van der Waals surface area contributed by atoms with Crippen molar-refractivity contribution in [2.24, 2.45) is 0 Å². The van der Waals surface area contributed by atoms with Gasteiger partial charge in [-0.15, -0.1) is 0 Å². The van der Waals surface area contributed by atoms with Gasteiger partial charge in [0.05, 0.1) is 0 Å². The van der Waals surface area contributed by atoms with Crippen LogP contribution in [0.25, 0.3) is 0 Å². The molecule has 1 aromatic rings. The van der Waals surface area contributed by atoms with Crippen molar-refractivity contribution in [3.8, 4) is 0 Å². The van der Waals surface area contributed by atoms with Crippen molar-refractivity contribution < 1.29 is 4.74 Å². The number of H-pyrrole nitrogens is 1. The Balaban J connectivity index is 0.000000371. The monoisotopic (exact) mass is 142 g/mol. The normalized spacial score (nSPS) is 8.30. The highest BCUT2D eigenvalue weighted by Crippen LogP contribution is 1.87. The molecule has 3 nitrogen and oxygen atoms in total. The van der Waals surface area contributed by atoms with Crippen molar-refractivity contribution >= 4 is 0 Å². The van der Waals surface area contributed by atoms with Gasteiger partial charge in [-0.05, 0) is 0 Å². The van der Waals surface area contributed by atoms with Gasteiger partial charge in [-0.2, -0.15) is 0 Å². The molecule has 1 heterocycles. The number of ether oxygens (including phenoxy) is 1. The minimum Gasteiger partial charge on any atom is -0.377 e. The zero-order chi connectivity index (χ0) is 7.82. The molecule has 0 aromatic carbocycles. The maximum Gasteiger partial charge on any atom is 0.132 e. The van der Waals surface area contributed by atoms with E-state index in [1.54, 1.807) is 19.5 Å². The van der Waals surface area contributed by atoms with Crippen LogP contribution < -0.4 is 0 Å². The predicted octanol–water partition coefficient (Wildman–Crippen LogP) is 1.58. The Morgan fingerprint density at radius 1 is 1.60 bits per heavy atom. The summed E-state index contributed by atoms with van der Waals surface area (Å²) in [4.78, 5) is 6.83. The van der Waals surface area contributed by atoms with E-state index in [4.69, 9.17) is 4.74 Å². The van der Waals surface area contributed by atoms with Crippen LogP contribution in [0.15, 0.2) is 12.4 Å². The summed E-state index contributed by atoms with van der Waals surface area (Å²) < 4.78 is 4.79. The first-order chi connectivity index (χ1) is 4.93. The van der Waals surface area contributed by atoms with Crippen LogP contribution in [0.5, 0.6) is 0 Å². The van der Waals surface area contributed by atoms with E-state index >= 15 is 0 Å². The topological polar surface area (TPSA) is 37.9 Å². The SMILES string of the molecule is CC.COCc1ncc[nH]1. The second-order valence-corrected chi connectivity index (χ2v) is 1.47. The maximum atomic E-state index is 4.79. The van der Waals surface area contributed by atoms with Gasteiger partial charge < -0.3 is 9.72 Å². The molecular weight excluding hydrogens is 128 g/mol. The molecule has 0 bridgehead atoms. The van der Waals surface area contributed by atoms with Crippen LogP contribution in [-0.4, -0.2) is 17.1 Å². The molecule has 0 aliphatic carbocycles. The Hall–Kier alpha value is -0.830. The first-order valence-corrected chi connectivity index (χ1v) is 3.40. The van der Waals surface area contributed by atoms with Crippen LogP contribution in [0, 0.1) is 0 Å². The van der Waals surface area contributed by atoms with Crippen LogP contribution >= 0.6 is 0 Å². The molecule has 0 aliphatic rings. The Morgan fingerprint density at radius 3 is 2.70 bits per heavy atom. The number of nitrogens with zero attached hydrogens (tertiary/aromatic N) is 1. The van der Waals surface area contributed by atoms with Gasteiger partial charge in [-0.25, -0.2) is 4.98 Å². The van der Waals surface area contributed by atoms with Crippen LogP contribution in [0.1, 0.15) is 19.7 Å². The highest BCUT2D eigenvalue weighted by atomic mass is 16.5. The Bertz CT molecular complexity index is 137. The first-order valence-electron chi connectivity index (χ1n) is 3.40. The zero-order valence-corrected chi connectivity index (χ0v) is 6.72. The van der Waals surface area contributed by atoms with Crippen molar-refractivity contribution in [2.45, 2.75) is 20.5 Å². The predicted molar refractivity (Wildman–Crippen MR) is 40.6 cm³/mol. The van der Waals surface area contributed by atoms with E-state index in [-0.39, 0.29) is 0 Å². The smallest absolute Gasteiger partial charge is 0.132 e. The Labute approximate surface area is 61.4 Å². The van der Waals surface area contributed by atoms with Gasteiger partial charge in [-0.1, -0.05) is 13.8 Å². The fourth-order valence-electron chi connectivity index (χ4n) is 0.514. The molecule has 0 fully saturated rings. The molecule has 1 aromatic heterocycles. The first kappa shape index (κ1) is 9.17. The molecule has 0 atom stereocenters. The third kappa shape index (κ3) is 3.25. The standard InChI is InChI=1S/C5H8N2O.C2H6/c1-8-4-5-6-2-3-7-5;1-2/h2-3H,4H2,1H3,(H,6,7);1-2H3. The van der Waals surface area contributed by atoms with Gasteiger partial charge in [0.15, 0.2) is 0 Å². The number of hydrogen-bond donors (Lipinski definition) is 1. The second-order valence-electron chi connectivity index (χ2n) is 1.47.